The third-order valence-corrected chi connectivity index (χ3v) is 0.483. The first-order valence-electron chi connectivity index (χ1n) is 1.72. The van der Waals surface area contributed by atoms with Crippen LogP contribution >= 0.6 is 48.0 Å². The van der Waals surface area contributed by atoms with Gasteiger partial charge >= 0.3 is 0 Å². The van der Waals surface area contributed by atoms with Crippen molar-refractivity contribution in [2.75, 3.05) is 0 Å². The molecule has 0 bridgehead atoms. The Balaban J connectivity index is 0. The Morgan fingerprint density at radius 1 is 0.750 bits per heavy atom. The zero-order valence-corrected chi connectivity index (χ0v) is 8.68. The minimum absolute atomic E-state index is 0. The van der Waals surface area contributed by atoms with Crippen molar-refractivity contribution in [2.45, 2.75) is 0 Å². The molecule has 0 aliphatic rings. The van der Waals surface area contributed by atoms with Gasteiger partial charge in [-0.05, 0) is 12.1 Å². The molecule has 4 heteroatoms. The van der Waals surface area contributed by atoms with Gasteiger partial charge in [0.15, 0.2) is 0 Å². The summed E-state index contributed by atoms with van der Waals surface area (Å²) in [5, 5.41) is 7.07. The minimum Gasteiger partial charge on any atom is -0.159 e. The number of halogens is 2. The van der Waals surface area contributed by atoms with Crippen molar-refractivity contribution in [1.82, 2.24) is 10.2 Å². The maximum absolute atomic E-state index is 3.53. The third-order valence-electron chi connectivity index (χ3n) is 0.483. The fraction of sp³-hybridized carbons (Fsp3) is 0. The predicted octanol–water partition coefficient (Wildman–Crippen LogP) is 1.71. The van der Waals surface area contributed by atoms with Gasteiger partial charge in [-0.15, -0.1) is 48.0 Å². The summed E-state index contributed by atoms with van der Waals surface area (Å²) >= 11 is 0. The average Bonchev–Trinajstić information content (AvgIpc) is 1.72. The van der Waals surface area contributed by atoms with E-state index in [0.29, 0.717) is 0 Å². The molecule has 0 aliphatic carbocycles. The first-order valence-corrected chi connectivity index (χ1v) is 1.72. The lowest BCUT2D eigenvalue weighted by Crippen LogP contribution is -1.69. The zero-order chi connectivity index (χ0) is 4.24. The molecule has 0 saturated carbocycles. The maximum atomic E-state index is 3.53. The molecule has 1 rings (SSSR count). The first kappa shape index (κ1) is 11.4. The Morgan fingerprint density at radius 3 is 1.25 bits per heavy atom. The minimum atomic E-state index is 0. The average molecular weight is 336 g/mol. The normalized spacial score (nSPS) is 6.00. The van der Waals surface area contributed by atoms with E-state index in [0.717, 1.165) is 0 Å². The van der Waals surface area contributed by atoms with Gasteiger partial charge in [0.2, 0.25) is 0 Å². The van der Waals surface area contributed by atoms with Crippen molar-refractivity contribution in [2.24, 2.45) is 0 Å². The van der Waals surface area contributed by atoms with Crippen LogP contribution in [0.1, 0.15) is 0 Å². The van der Waals surface area contributed by atoms with Crippen LogP contribution in [-0.4, -0.2) is 10.2 Å². The number of rotatable bonds is 0. The SMILES string of the molecule is I.I.c1ccnnc1. The van der Waals surface area contributed by atoms with Crippen LogP contribution in [0.3, 0.4) is 0 Å². The molecule has 0 saturated heterocycles. The summed E-state index contributed by atoms with van der Waals surface area (Å²) in [6, 6.07) is 3.65. The second kappa shape index (κ2) is 7.54. The van der Waals surface area contributed by atoms with Gasteiger partial charge in [0.25, 0.3) is 0 Å². The van der Waals surface area contributed by atoms with Crippen LogP contribution in [-0.2, 0) is 0 Å². The second-order valence-electron chi connectivity index (χ2n) is 0.914. The highest BCUT2D eigenvalue weighted by Crippen LogP contribution is 1.68. The summed E-state index contributed by atoms with van der Waals surface area (Å²) in [6.07, 6.45) is 3.28. The second-order valence-corrected chi connectivity index (χ2v) is 0.914. The standard InChI is InChI=1S/C4H4N2.2HI/c1-2-4-6-5-3-1;;/h1-4H;2*1H. The Labute approximate surface area is 82.1 Å². The van der Waals surface area contributed by atoms with E-state index in [4.69, 9.17) is 0 Å². The summed E-state index contributed by atoms with van der Waals surface area (Å²) in [4.78, 5) is 0. The summed E-state index contributed by atoms with van der Waals surface area (Å²) in [5.74, 6) is 0. The highest BCUT2D eigenvalue weighted by molar-refractivity contribution is 14.0. The van der Waals surface area contributed by atoms with E-state index in [-0.39, 0.29) is 48.0 Å². The van der Waals surface area contributed by atoms with Gasteiger partial charge in [-0.2, -0.15) is 10.2 Å². The largest absolute Gasteiger partial charge is 0.159 e. The monoisotopic (exact) mass is 336 g/mol. The number of nitrogens with zero attached hydrogens (tertiary/aromatic N) is 2. The van der Waals surface area contributed by atoms with Gasteiger partial charge in [0.1, 0.15) is 0 Å². The molecule has 1 heterocycles. The molecule has 46 valence electrons. The zero-order valence-electron chi connectivity index (χ0n) is 4.02. The Kier molecular flexibility index (Phi) is 10.7. The van der Waals surface area contributed by atoms with Crippen LogP contribution in [0.4, 0.5) is 0 Å². The molecule has 0 aliphatic heterocycles. The first-order chi connectivity index (χ1) is 3.00. The van der Waals surface area contributed by atoms with Gasteiger partial charge in [-0.1, -0.05) is 0 Å². The van der Waals surface area contributed by atoms with Crippen molar-refractivity contribution >= 4 is 48.0 Å². The van der Waals surface area contributed by atoms with Crippen LogP contribution in [0.5, 0.6) is 0 Å². The predicted molar refractivity (Wildman–Crippen MR) is 52.9 cm³/mol. The topological polar surface area (TPSA) is 25.8 Å². The van der Waals surface area contributed by atoms with Gasteiger partial charge < -0.3 is 0 Å². The molecular weight excluding hydrogens is 330 g/mol. The van der Waals surface area contributed by atoms with E-state index < -0.39 is 0 Å². The quantitative estimate of drug-likeness (QED) is 0.675. The van der Waals surface area contributed by atoms with E-state index in [1.807, 2.05) is 12.1 Å². The molecule has 1 aromatic heterocycles. The van der Waals surface area contributed by atoms with Gasteiger partial charge in [0.05, 0.1) is 0 Å². The Bertz CT molecular complexity index is 84.0. The van der Waals surface area contributed by atoms with Crippen molar-refractivity contribution < 1.29 is 0 Å². The highest BCUT2D eigenvalue weighted by Gasteiger charge is 1.59. The number of hydrogen-bond donors (Lipinski definition) is 0. The lowest BCUT2D eigenvalue weighted by molar-refractivity contribution is 1.03. The third kappa shape index (κ3) is 4.69. The van der Waals surface area contributed by atoms with Crippen LogP contribution < -0.4 is 0 Å². The number of aromatic nitrogens is 2. The van der Waals surface area contributed by atoms with E-state index in [2.05, 4.69) is 10.2 Å². The molecule has 0 amide bonds. The van der Waals surface area contributed by atoms with Gasteiger partial charge in [-0.3, -0.25) is 0 Å². The van der Waals surface area contributed by atoms with Crippen LogP contribution in [0.15, 0.2) is 24.5 Å². The Hall–Kier alpha value is 0.540. The van der Waals surface area contributed by atoms with Crippen molar-refractivity contribution in [1.29, 1.82) is 0 Å². The molecule has 0 spiro atoms. The van der Waals surface area contributed by atoms with Crippen LogP contribution in [0.25, 0.3) is 0 Å². The highest BCUT2D eigenvalue weighted by atomic mass is 127. The van der Waals surface area contributed by atoms with Crippen molar-refractivity contribution in [3.05, 3.63) is 24.5 Å². The van der Waals surface area contributed by atoms with Crippen LogP contribution in [0.2, 0.25) is 0 Å². The molecule has 8 heavy (non-hydrogen) atoms. The van der Waals surface area contributed by atoms with E-state index in [9.17, 15) is 0 Å². The Morgan fingerprint density at radius 2 is 1.12 bits per heavy atom. The lowest BCUT2D eigenvalue weighted by Gasteiger charge is -1.69. The van der Waals surface area contributed by atoms with Crippen molar-refractivity contribution in [3.63, 3.8) is 0 Å². The summed E-state index contributed by atoms with van der Waals surface area (Å²) in [7, 11) is 0. The van der Waals surface area contributed by atoms with Gasteiger partial charge in [-0.25, -0.2) is 0 Å². The van der Waals surface area contributed by atoms with Crippen molar-refractivity contribution in [3.8, 4) is 0 Å². The van der Waals surface area contributed by atoms with E-state index >= 15 is 0 Å². The molecule has 0 fully saturated rings. The molecule has 2 nitrogen and oxygen atoms in total. The lowest BCUT2D eigenvalue weighted by atomic mass is 10.6. The fourth-order valence-corrected chi connectivity index (χ4v) is 0.253. The smallest absolute Gasteiger partial charge is 0.0496 e. The molecule has 0 N–H and O–H groups in total. The summed E-state index contributed by atoms with van der Waals surface area (Å²) < 4.78 is 0. The molecule has 0 aromatic carbocycles. The molecular formula is C4H6I2N2. The summed E-state index contributed by atoms with van der Waals surface area (Å²) in [6.45, 7) is 0. The fourth-order valence-electron chi connectivity index (χ4n) is 0.253. The van der Waals surface area contributed by atoms with E-state index in [1.165, 1.54) is 0 Å². The number of hydrogen-bond acceptors (Lipinski definition) is 2. The van der Waals surface area contributed by atoms with E-state index in [1.54, 1.807) is 12.4 Å². The summed E-state index contributed by atoms with van der Waals surface area (Å²) in [5.41, 5.74) is 0. The van der Waals surface area contributed by atoms with Crippen LogP contribution in [0, 0.1) is 0 Å². The molecule has 0 unspecified atom stereocenters. The maximum Gasteiger partial charge on any atom is 0.0496 e. The molecule has 0 radical (unpaired) electrons. The molecule has 0 atom stereocenters. The van der Waals surface area contributed by atoms with Gasteiger partial charge in [0, 0.05) is 12.4 Å². The molecule has 1 aromatic rings.